The highest BCUT2D eigenvalue weighted by Gasteiger charge is 2.41. The van der Waals surface area contributed by atoms with Crippen LogP contribution in [0, 0.1) is 0 Å². The van der Waals surface area contributed by atoms with Crippen LogP contribution in [0.1, 0.15) is 5.56 Å². The summed E-state index contributed by atoms with van der Waals surface area (Å²) in [6.45, 7) is 0. The fourth-order valence-electron chi connectivity index (χ4n) is 2.61. The van der Waals surface area contributed by atoms with Gasteiger partial charge in [0.2, 0.25) is 0 Å². The van der Waals surface area contributed by atoms with Gasteiger partial charge in [0.1, 0.15) is 5.57 Å². The van der Waals surface area contributed by atoms with Gasteiger partial charge in [-0.15, -0.1) is 0 Å². The van der Waals surface area contributed by atoms with Gasteiger partial charge in [0.15, 0.2) is 0 Å². The van der Waals surface area contributed by atoms with E-state index in [0.717, 1.165) is 30.1 Å². The van der Waals surface area contributed by atoms with Gasteiger partial charge >= 0.3 is 18.0 Å². The summed E-state index contributed by atoms with van der Waals surface area (Å²) in [6, 6.07) is 5.02. The lowest BCUT2D eigenvalue weighted by Crippen LogP contribution is -2.53. The molecule has 0 saturated carbocycles. The second-order valence-electron chi connectivity index (χ2n) is 5.84. The first kappa shape index (κ1) is 21.8. The predicted molar refractivity (Wildman–Crippen MR) is 101 cm³/mol. The summed E-state index contributed by atoms with van der Waals surface area (Å²) in [4.78, 5) is 63.5. The number of imide groups is 2. The van der Waals surface area contributed by atoms with E-state index in [1.54, 1.807) is 0 Å². The van der Waals surface area contributed by atoms with Crippen LogP contribution in [0.4, 0.5) is 4.79 Å². The van der Waals surface area contributed by atoms with Crippen molar-refractivity contribution in [3.8, 4) is 0 Å². The molecule has 10 heteroatoms. The average Bonchev–Trinajstić information content (AvgIpc) is 2.72. The normalized spacial score (nSPS) is 14.9. The number of nitrogens with zero attached hydrogens (tertiary/aromatic N) is 2. The van der Waals surface area contributed by atoms with Crippen molar-refractivity contribution in [3.05, 3.63) is 52.1 Å². The van der Waals surface area contributed by atoms with Gasteiger partial charge in [-0.05, 0) is 17.7 Å². The minimum Gasteiger partial charge on any atom is -0.466 e. The zero-order valence-electron chi connectivity index (χ0n) is 16.0. The number of carbonyl (C=O) groups excluding carboxylic acids is 5. The van der Waals surface area contributed by atoms with E-state index in [1.165, 1.54) is 38.4 Å². The molecule has 0 aromatic heterocycles. The van der Waals surface area contributed by atoms with Crippen LogP contribution in [-0.4, -0.2) is 67.9 Å². The average molecular weight is 421 g/mol. The van der Waals surface area contributed by atoms with Crippen molar-refractivity contribution in [3.63, 3.8) is 0 Å². The van der Waals surface area contributed by atoms with E-state index < -0.39 is 40.9 Å². The Bertz CT molecular complexity index is 937. The number of hydrogen-bond donors (Lipinski definition) is 0. The molecule has 0 spiro atoms. The Morgan fingerprint density at radius 1 is 0.931 bits per heavy atom. The summed E-state index contributed by atoms with van der Waals surface area (Å²) < 4.78 is 9.30. The molecule has 152 valence electrons. The van der Waals surface area contributed by atoms with E-state index in [0.29, 0.717) is 5.02 Å². The first-order valence-electron chi connectivity index (χ1n) is 8.12. The molecule has 1 fully saturated rings. The zero-order chi connectivity index (χ0) is 21.9. The molecule has 4 amide bonds. The molecule has 0 aliphatic carbocycles. The second-order valence-corrected chi connectivity index (χ2v) is 6.28. The molecule has 0 unspecified atom stereocenters. The Labute approximate surface area is 171 Å². The summed E-state index contributed by atoms with van der Waals surface area (Å²) in [5.41, 5.74) is -0.852. The van der Waals surface area contributed by atoms with Gasteiger partial charge in [-0.25, -0.2) is 14.4 Å². The Hall–Kier alpha value is -3.46. The molecule has 0 atom stereocenters. The second kappa shape index (κ2) is 8.70. The topological polar surface area (TPSA) is 110 Å². The van der Waals surface area contributed by atoms with Crippen molar-refractivity contribution in [2.75, 3.05) is 28.3 Å². The Morgan fingerprint density at radius 3 is 1.90 bits per heavy atom. The Morgan fingerprint density at radius 2 is 1.45 bits per heavy atom. The van der Waals surface area contributed by atoms with E-state index in [1.807, 2.05) is 0 Å². The minimum absolute atomic E-state index is 0.194. The van der Waals surface area contributed by atoms with Gasteiger partial charge < -0.3 is 9.47 Å². The molecule has 0 radical (unpaired) electrons. The van der Waals surface area contributed by atoms with Crippen LogP contribution in [0.2, 0.25) is 5.02 Å². The number of urea groups is 1. The molecule has 1 saturated heterocycles. The highest BCUT2D eigenvalue weighted by molar-refractivity contribution is 6.35. The fraction of sp³-hybridized carbons (Fsp3) is 0.211. The number of likely N-dealkylation sites (N-methyl/N-ethyl adjacent to an activating group) is 2. The minimum atomic E-state index is -0.990. The number of barbiturate groups is 1. The maximum atomic E-state index is 12.8. The van der Waals surface area contributed by atoms with E-state index in [4.69, 9.17) is 16.3 Å². The number of amides is 4. The molecule has 1 aromatic rings. The molecular weight excluding hydrogens is 404 g/mol. The third-order valence-electron chi connectivity index (χ3n) is 4.13. The van der Waals surface area contributed by atoms with Crippen LogP contribution in [0.5, 0.6) is 0 Å². The van der Waals surface area contributed by atoms with Crippen molar-refractivity contribution < 1.29 is 33.4 Å². The van der Waals surface area contributed by atoms with Crippen LogP contribution in [0.3, 0.4) is 0 Å². The monoisotopic (exact) mass is 420 g/mol. The number of carbonyl (C=O) groups is 5. The largest absolute Gasteiger partial charge is 0.466 e. The summed E-state index contributed by atoms with van der Waals surface area (Å²) in [5.74, 6) is -3.79. The lowest BCUT2D eigenvalue weighted by atomic mass is 9.90. The Kier molecular flexibility index (Phi) is 6.55. The summed E-state index contributed by atoms with van der Waals surface area (Å²) in [5, 5.41) is 0.361. The SMILES string of the molecule is COC(=O)/C=C(/C(=O)OC)C(=C1C(=O)N(C)C(=O)N(C)C1=O)c1ccc(Cl)cc1. The van der Waals surface area contributed by atoms with Gasteiger partial charge in [-0.1, -0.05) is 23.7 Å². The Balaban J connectivity index is 2.93. The van der Waals surface area contributed by atoms with Crippen LogP contribution in [0.25, 0.3) is 5.57 Å². The quantitative estimate of drug-likeness (QED) is 0.411. The van der Waals surface area contributed by atoms with E-state index in [2.05, 4.69) is 4.74 Å². The molecule has 0 bridgehead atoms. The summed E-state index contributed by atoms with van der Waals surface area (Å²) >= 11 is 5.91. The third kappa shape index (κ3) is 4.19. The number of esters is 2. The predicted octanol–water partition coefficient (Wildman–Crippen LogP) is 1.42. The van der Waals surface area contributed by atoms with Crippen LogP contribution in [0.15, 0.2) is 41.5 Å². The van der Waals surface area contributed by atoms with E-state index in [9.17, 15) is 24.0 Å². The fourth-order valence-corrected chi connectivity index (χ4v) is 2.74. The van der Waals surface area contributed by atoms with Crippen molar-refractivity contribution in [2.45, 2.75) is 0 Å². The highest BCUT2D eigenvalue weighted by atomic mass is 35.5. The van der Waals surface area contributed by atoms with E-state index >= 15 is 0 Å². The van der Waals surface area contributed by atoms with Gasteiger partial charge in [0.05, 0.1) is 19.8 Å². The molecule has 1 aliphatic rings. The molecule has 9 nitrogen and oxygen atoms in total. The molecule has 1 aromatic carbocycles. The van der Waals surface area contributed by atoms with Crippen molar-refractivity contribution in [2.24, 2.45) is 0 Å². The first-order valence-corrected chi connectivity index (χ1v) is 8.50. The third-order valence-corrected chi connectivity index (χ3v) is 4.38. The maximum absolute atomic E-state index is 12.8. The maximum Gasteiger partial charge on any atom is 0.338 e. The molecule has 0 N–H and O–H groups in total. The number of methoxy groups -OCH3 is 2. The number of hydrogen-bond acceptors (Lipinski definition) is 7. The van der Waals surface area contributed by atoms with Crippen LogP contribution >= 0.6 is 11.6 Å². The zero-order valence-corrected chi connectivity index (χ0v) is 16.8. The van der Waals surface area contributed by atoms with Crippen LogP contribution in [-0.2, 0) is 28.7 Å². The lowest BCUT2D eigenvalue weighted by molar-refractivity contribution is -0.138. The van der Waals surface area contributed by atoms with Crippen LogP contribution < -0.4 is 0 Å². The number of halogens is 1. The smallest absolute Gasteiger partial charge is 0.338 e. The lowest BCUT2D eigenvalue weighted by Gasteiger charge is -2.30. The molecular formula is C19H17ClN2O7. The van der Waals surface area contributed by atoms with Crippen molar-refractivity contribution >= 4 is 47.0 Å². The summed E-state index contributed by atoms with van der Waals surface area (Å²) in [6.07, 6.45) is 0.805. The van der Waals surface area contributed by atoms with Gasteiger partial charge in [-0.3, -0.25) is 19.4 Å². The highest BCUT2D eigenvalue weighted by Crippen LogP contribution is 2.32. The molecule has 1 aliphatic heterocycles. The number of ether oxygens (including phenoxy) is 2. The van der Waals surface area contributed by atoms with Gasteiger partial charge in [0, 0.05) is 30.8 Å². The van der Waals surface area contributed by atoms with Gasteiger partial charge in [0.25, 0.3) is 11.8 Å². The first-order chi connectivity index (χ1) is 13.6. The number of rotatable bonds is 4. The van der Waals surface area contributed by atoms with E-state index in [-0.39, 0.29) is 11.1 Å². The molecule has 29 heavy (non-hydrogen) atoms. The molecule has 1 heterocycles. The molecule has 2 rings (SSSR count). The summed E-state index contributed by atoms with van der Waals surface area (Å²) in [7, 11) is 4.55. The van der Waals surface area contributed by atoms with Crippen molar-refractivity contribution in [1.82, 2.24) is 9.80 Å². The van der Waals surface area contributed by atoms with Gasteiger partial charge in [-0.2, -0.15) is 0 Å². The number of benzene rings is 1. The van der Waals surface area contributed by atoms with Crippen molar-refractivity contribution in [1.29, 1.82) is 0 Å². The standard InChI is InChI=1S/C19H17ClN2O7/c1-21-16(24)15(17(25)22(2)19(21)27)14(10-5-7-11(20)8-6-10)12(18(26)29-4)9-13(23)28-3/h5-9H,1-4H3/b12-9+.